The highest BCUT2D eigenvalue weighted by molar-refractivity contribution is 5.82. The van der Waals surface area contributed by atoms with Crippen molar-refractivity contribution >= 4 is 11.9 Å². The maximum Gasteiger partial charge on any atom is 0.326 e. The van der Waals surface area contributed by atoms with Crippen molar-refractivity contribution in [2.45, 2.75) is 63.5 Å². The number of benzene rings is 1. The van der Waals surface area contributed by atoms with Crippen LogP contribution < -0.4 is 11.1 Å². The molecule has 0 spiro atoms. The number of carboxylic acids is 1. The van der Waals surface area contributed by atoms with Crippen LogP contribution in [0.15, 0.2) is 30.3 Å². The molecule has 1 aromatic carbocycles. The van der Waals surface area contributed by atoms with E-state index in [1.807, 2.05) is 30.3 Å². The number of hydrogen-bond donors (Lipinski definition) is 3. The monoisotopic (exact) mass is 358 g/mol. The topological polar surface area (TPSA) is 92.4 Å². The van der Waals surface area contributed by atoms with Gasteiger partial charge in [0.1, 0.15) is 6.04 Å². The summed E-state index contributed by atoms with van der Waals surface area (Å²) in [5.74, 6) is 1.70. The quantitative estimate of drug-likeness (QED) is 0.771. The van der Waals surface area contributed by atoms with Crippen molar-refractivity contribution in [3.63, 3.8) is 0 Å². The van der Waals surface area contributed by atoms with Crippen molar-refractivity contribution in [2.75, 3.05) is 0 Å². The molecule has 1 aromatic rings. The third-order valence-electron chi connectivity index (χ3n) is 6.04. The first-order valence-electron chi connectivity index (χ1n) is 9.66. The van der Waals surface area contributed by atoms with Crippen molar-refractivity contribution in [3.05, 3.63) is 35.9 Å². The molecule has 4 aliphatic rings. The Kier molecular flexibility index (Phi) is 5.66. The summed E-state index contributed by atoms with van der Waals surface area (Å²) in [6.45, 7) is 1.31. The molecule has 1 amide bonds. The highest BCUT2D eigenvalue weighted by Gasteiger charge is 2.48. The highest BCUT2D eigenvalue weighted by atomic mass is 16.4. The third kappa shape index (κ3) is 4.85. The van der Waals surface area contributed by atoms with Gasteiger partial charge < -0.3 is 16.2 Å². The molecule has 0 aliphatic heterocycles. The second-order valence-corrected chi connectivity index (χ2v) is 8.56. The zero-order chi connectivity index (χ0) is 18.7. The van der Waals surface area contributed by atoms with Crippen LogP contribution in [0.25, 0.3) is 0 Å². The van der Waals surface area contributed by atoms with Gasteiger partial charge in [0.05, 0.1) is 0 Å². The number of carboxylic acid groups (broad SMARTS) is 1. The van der Waals surface area contributed by atoms with Crippen molar-refractivity contribution in [1.82, 2.24) is 5.32 Å². The van der Waals surface area contributed by atoms with E-state index in [1.165, 1.54) is 45.4 Å². The summed E-state index contributed by atoms with van der Waals surface area (Å²) in [4.78, 5) is 21.6. The smallest absolute Gasteiger partial charge is 0.326 e. The summed E-state index contributed by atoms with van der Waals surface area (Å²) in [7, 11) is 0. The van der Waals surface area contributed by atoms with Gasteiger partial charge in [-0.25, -0.2) is 4.79 Å². The summed E-state index contributed by atoms with van der Waals surface area (Å²) in [6.07, 6.45) is 8.87. The van der Waals surface area contributed by atoms with E-state index in [-0.39, 0.29) is 5.91 Å². The van der Waals surface area contributed by atoms with E-state index in [2.05, 4.69) is 5.32 Å². The molecule has 1 unspecified atom stereocenters. The maximum atomic E-state index is 10.8. The summed E-state index contributed by atoms with van der Waals surface area (Å²) < 4.78 is 0. The van der Waals surface area contributed by atoms with Gasteiger partial charge in [0.25, 0.3) is 0 Å². The van der Waals surface area contributed by atoms with Gasteiger partial charge in [-0.15, -0.1) is 0 Å². The molecule has 0 heterocycles. The molecule has 5 heteroatoms. The van der Waals surface area contributed by atoms with Crippen LogP contribution in [0.2, 0.25) is 0 Å². The number of nitrogens with one attached hydrogen (secondary N) is 1. The molecule has 4 N–H and O–H groups in total. The van der Waals surface area contributed by atoms with Gasteiger partial charge in [0.2, 0.25) is 5.91 Å². The first-order valence-corrected chi connectivity index (χ1v) is 9.66. The zero-order valence-corrected chi connectivity index (χ0v) is 15.5. The fourth-order valence-corrected chi connectivity index (χ4v) is 5.47. The van der Waals surface area contributed by atoms with E-state index >= 15 is 0 Å². The molecule has 0 aromatic heterocycles. The average molecular weight is 358 g/mol. The molecule has 5 rings (SSSR count). The van der Waals surface area contributed by atoms with Gasteiger partial charge >= 0.3 is 5.97 Å². The zero-order valence-electron chi connectivity index (χ0n) is 15.5. The molecule has 142 valence electrons. The van der Waals surface area contributed by atoms with Gasteiger partial charge in [0, 0.05) is 18.9 Å². The lowest BCUT2D eigenvalue weighted by molar-refractivity contribution is -0.141. The summed E-state index contributed by atoms with van der Waals surface area (Å²) in [5.41, 5.74) is 7.51. The Morgan fingerprint density at radius 2 is 1.62 bits per heavy atom. The number of carbonyl (C=O) groups is 2. The summed E-state index contributed by atoms with van der Waals surface area (Å²) in [6, 6.07) is 8.34. The predicted octanol–water partition coefficient (Wildman–Crippen LogP) is 2.73. The lowest BCUT2D eigenvalue weighted by Gasteiger charge is -2.55. The predicted molar refractivity (Wildman–Crippen MR) is 100 cm³/mol. The second kappa shape index (κ2) is 7.78. The Balaban J connectivity index is 0.000000156. The van der Waals surface area contributed by atoms with Crippen molar-refractivity contribution in [2.24, 2.45) is 23.5 Å². The van der Waals surface area contributed by atoms with Crippen LogP contribution in [-0.4, -0.2) is 28.6 Å². The number of carbonyl (C=O) groups excluding carboxylic acids is 1. The molecular weight excluding hydrogens is 328 g/mol. The Morgan fingerprint density at radius 3 is 2.00 bits per heavy atom. The number of rotatable bonds is 4. The normalized spacial score (nSPS) is 32.3. The molecule has 4 aliphatic carbocycles. The largest absolute Gasteiger partial charge is 0.480 e. The van der Waals surface area contributed by atoms with Crippen molar-refractivity contribution in [3.8, 4) is 0 Å². The molecule has 4 saturated carbocycles. The van der Waals surface area contributed by atoms with Gasteiger partial charge in [-0.3, -0.25) is 4.79 Å². The molecular formula is C21H30N2O3. The first-order chi connectivity index (χ1) is 12.3. The van der Waals surface area contributed by atoms with Crippen LogP contribution >= 0.6 is 0 Å². The van der Waals surface area contributed by atoms with Crippen LogP contribution in [-0.2, 0) is 16.0 Å². The lowest BCUT2D eigenvalue weighted by Crippen LogP contribution is -2.55. The van der Waals surface area contributed by atoms with Crippen LogP contribution in [0.5, 0.6) is 0 Å². The van der Waals surface area contributed by atoms with E-state index in [1.54, 1.807) is 0 Å². The van der Waals surface area contributed by atoms with Gasteiger partial charge in [0.15, 0.2) is 0 Å². The van der Waals surface area contributed by atoms with Crippen molar-refractivity contribution in [1.29, 1.82) is 0 Å². The Hall–Kier alpha value is -1.88. The van der Waals surface area contributed by atoms with E-state index < -0.39 is 12.0 Å². The van der Waals surface area contributed by atoms with Crippen molar-refractivity contribution < 1.29 is 14.7 Å². The minimum absolute atomic E-state index is 0.300. The fourth-order valence-electron chi connectivity index (χ4n) is 5.47. The van der Waals surface area contributed by atoms with Crippen LogP contribution in [0, 0.1) is 17.8 Å². The van der Waals surface area contributed by atoms with Gasteiger partial charge in [-0.05, 0) is 61.8 Å². The Labute approximate surface area is 155 Å². The van der Waals surface area contributed by atoms with Crippen LogP contribution in [0.3, 0.4) is 0 Å². The molecule has 4 bridgehead atoms. The van der Waals surface area contributed by atoms with Gasteiger partial charge in [-0.1, -0.05) is 30.3 Å². The van der Waals surface area contributed by atoms with E-state index in [0.29, 0.717) is 12.0 Å². The molecule has 4 fully saturated rings. The van der Waals surface area contributed by atoms with E-state index in [0.717, 1.165) is 23.3 Å². The number of hydrogen-bond acceptors (Lipinski definition) is 3. The molecule has 26 heavy (non-hydrogen) atoms. The fraction of sp³-hybridized carbons (Fsp3) is 0.619. The second-order valence-electron chi connectivity index (χ2n) is 8.56. The third-order valence-corrected chi connectivity index (χ3v) is 6.04. The maximum absolute atomic E-state index is 10.8. The molecule has 0 saturated heterocycles. The SMILES string of the molecule is CC(=O)NC(Cc1ccccc1)C(=O)O.NC12CC3CC(CC(C3)C1)C2. The summed E-state index contributed by atoms with van der Waals surface area (Å²) >= 11 is 0. The Morgan fingerprint density at radius 1 is 1.12 bits per heavy atom. The number of aliphatic carboxylic acids is 1. The molecule has 5 nitrogen and oxygen atoms in total. The minimum atomic E-state index is -1.02. The average Bonchev–Trinajstić information content (AvgIpc) is 2.53. The van der Waals surface area contributed by atoms with Gasteiger partial charge in [-0.2, -0.15) is 0 Å². The van der Waals surface area contributed by atoms with E-state index in [4.69, 9.17) is 10.8 Å². The van der Waals surface area contributed by atoms with Crippen LogP contribution in [0.4, 0.5) is 0 Å². The standard InChI is InChI=1S/C11H13NO3.C10H17N/c1-8(13)12-10(11(14)15)7-9-5-3-2-4-6-9;11-10-4-7-1-8(5-10)3-9(2-7)6-10/h2-6,10H,7H2,1H3,(H,12,13)(H,14,15);7-9H,1-6,11H2. The molecule has 0 radical (unpaired) electrons. The van der Waals surface area contributed by atoms with Crippen LogP contribution in [0.1, 0.15) is 51.0 Å². The van der Waals surface area contributed by atoms with E-state index in [9.17, 15) is 9.59 Å². The number of amides is 1. The Bertz CT molecular complexity index is 609. The lowest BCUT2D eigenvalue weighted by atomic mass is 9.53. The first kappa shape index (κ1) is 18.9. The highest BCUT2D eigenvalue weighted by Crippen LogP contribution is 2.54. The molecule has 1 atom stereocenters. The number of nitrogens with two attached hydrogens (primary N) is 1. The summed E-state index contributed by atoms with van der Waals surface area (Å²) in [5, 5.41) is 11.3. The minimum Gasteiger partial charge on any atom is -0.480 e.